The molecule has 146 valence electrons. The van der Waals surface area contributed by atoms with Crippen LogP contribution in [0.1, 0.15) is 39.8 Å². The molecule has 1 unspecified atom stereocenters. The first-order valence-corrected chi connectivity index (χ1v) is 10.4. The molecule has 1 saturated heterocycles. The minimum atomic E-state index is -0.368. The second-order valence-corrected chi connectivity index (χ2v) is 7.97. The summed E-state index contributed by atoms with van der Waals surface area (Å²) in [6.07, 6.45) is 3.90. The van der Waals surface area contributed by atoms with Gasteiger partial charge in [-0.15, -0.1) is 11.3 Å². The second-order valence-electron chi connectivity index (χ2n) is 6.99. The number of halogens is 1. The van der Waals surface area contributed by atoms with Crippen molar-refractivity contribution in [2.75, 3.05) is 19.6 Å². The standard InChI is InChI=1S/C21H23FN4OS/c1-15-16(13-24-26(15)18-8-3-2-7-17(18)22)21(27)23-14-19(20-9-6-12-28-20)25-10-4-5-11-25/h2-3,6-9,12-13,19H,4-5,10-11,14H2,1H3,(H,23,27). The third-order valence-electron chi connectivity index (χ3n) is 5.24. The van der Waals surface area contributed by atoms with Gasteiger partial charge < -0.3 is 5.32 Å². The highest BCUT2D eigenvalue weighted by atomic mass is 32.1. The van der Waals surface area contributed by atoms with Crippen molar-refractivity contribution < 1.29 is 9.18 Å². The number of para-hydroxylation sites is 1. The molecule has 1 atom stereocenters. The Morgan fingerprint density at radius 1 is 1.25 bits per heavy atom. The molecule has 2 aromatic heterocycles. The number of rotatable bonds is 6. The number of aromatic nitrogens is 2. The maximum atomic E-state index is 14.1. The quantitative estimate of drug-likeness (QED) is 0.684. The van der Waals surface area contributed by atoms with Gasteiger partial charge in [-0.3, -0.25) is 9.69 Å². The van der Waals surface area contributed by atoms with Crippen LogP contribution in [0.3, 0.4) is 0 Å². The van der Waals surface area contributed by atoms with Gasteiger partial charge in [-0.25, -0.2) is 9.07 Å². The van der Waals surface area contributed by atoms with E-state index in [1.54, 1.807) is 36.5 Å². The van der Waals surface area contributed by atoms with E-state index in [9.17, 15) is 9.18 Å². The van der Waals surface area contributed by atoms with E-state index in [4.69, 9.17) is 0 Å². The number of benzene rings is 1. The number of likely N-dealkylation sites (tertiary alicyclic amines) is 1. The molecule has 3 aromatic rings. The number of hydrogen-bond acceptors (Lipinski definition) is 4. The van der Waals surface area contributed by atoms with Gasteiger partial charge in [0.1, 0.15) is 11.5 Å². The highest BCUT2D eigenvalue weighted by Crippen LogP contribution is 2.28. The van der Waals surface area contributed by atoms with E-state index in [0.29, 0.717) is 23.5 Å². The normalized spacial score (nSPS) is 15.6. The van der Waals surface area contributed by atoms with Gasteiger partial charge in [0, 0.05) is 11.4 Å². The molecule has 5 nitrogen and oxygen atoms in total. The Morgan fingerprint density at radius 3 is 2.75 bits per heavy atom. The Kier molecular flexibility index (Phi) is 5.54. The van der Waals surface area contributed by atoms with Crippen molar-refractivity contribution in [1.82, 2.24) is 20.0 Å². The van der Waals surface area contributed by atoms with E-state index >= 15 is 0 Å². The maximum Gasteiger partial charge on any atom is 0.254 e. The van der Waals surface area contributed by atoms with Crippen LogP contribution in [0.4, 0.5) is 4.39 Å². The van der Waals surface area contributed by atoms with Gasteiger partial charge >= 0.3 is 0 Å². The van der Waals surface area contributed by atoms with Crippen LogP contribution in [-0.2, 0) is 0 Å². The zero-order valence-corrected chi connectivity index (χ0v) is 16.6. The number of thiophene rings is 1. The first kappa shape index (κ1) is 18.8. The van der Waals surface area contributed by atoms with E-state index in [-0.39, 0.29) is 17.8 Å². The van der Waals surface area contributed by atoms with Crippen LogP contribution in [0.15, 0.2) is 48.0 Å². The molecule has 0 saturated carbocycles. The van der Waals surface area contributed by atoms with Crippen molar-refractivity contribution in [2.24, 2.45) is 0 Å². The number of hydrogen-bond donors (Lipinski definition) is 1. The molecule has 1 fully saturated rings. The van der Waals surface area contributed by atoms with Crippen LogP contribution >= 0.6 is 11.3 Å². The molecule has 1 aliphatic rings. The summed E-state index contributed by atoms with van der Waals surface area (Å²) in [5.74, 6) is -0.548. The molecule has 28 heavy (non-hydrogen) atoms. The van der Waals surface area contributed by atoms with Crippen LogP contribution < -0.4 is 5.32 Å². The lowest BCUT2D eigenvalue weighted by Crippen LogP contribution is -2.36. The largest absolute Gasteiger partial charge is 0.350 e. The van der Waals surface area contributed by atoms with E-state index in [0.717, 1.165) is 13.1 Å². The van der Waals surface area contributed by atoms with Crippen molar-refractivity contribution in [2.45, 2.75) is 25.8 Å². The molecule has 1 amide bonds. The van der Waals surface area contributed by atoms with Gasteiger partial charge in [0.2, 0.25) is 0 Å². The summed E-state index contributed by atoms with van der Waals surface area (Å²) in [4.78, 5) is 16.5. The summed E-state index contributed by atoms with van der Waals surface area (Å²) in [7, 11) is 0. The van der Waals surface area contributed by atoms with Gasteiger partial charge in [0.25, 0.3) is 5.91 Å². The lowest BCUT2D eigenvalue weighted by molar-refractivity contribution is 0.0937. The molecule has 3 heterocycles. The van der Waals surface area contributed by atoms with E-state index in [2.05, 4.69) is 26.8 Å². The summed E-state index contributed by atoms with van der Waals surface area (Å²) in [5.41, 5.74) is 1.43. The lowest BCUT2D eigenvalue weighted by atomic mass is 10.2. The Balaban J connectivity index is 1.50. The predicted molar refractivity (Wildman–Crippen MR) is 108 cm³/mol. The third-order valence-corrected chi connectivity index (χ3v) is 6.22. The smallest absolute Gasteiger partial charge is 0.254 e. The number of carbonyl (C=O) groups excluding carboxylic acids is 1. The van der Waals surface area contributed by atoms with Gasteiger partial charge in [0.15, 0.2) is 0 Å². The van der Waals surface area contributed by atoms with Crippen LogP contribution in [-0.4, -0.2) is 40.2 Å². The highest BCUT2D eigenvalue weighted by molar-refractivity contribution is 7.10. The summed E-state index contributed by atoms with van der Waals surface area (Å²) in [6, 6.07) is 10.8. The molecule has 1 aromatic carbocycles. The molecule has 0 radical (unpaired) electrons. The fraction of sp³-hybridized carbons (Fsp3) is 0.333. The molecule has 1 aliphatic heterocycles. The Labute approximate surface area is 167 Å². The topological polar surface area (TPSA) is 50.2 Å². The number of carbonyl (C=O) groups is 1. The number of nitrogens with zero attached hydrogens (tertiary/aromatic N) is 3. The molecule has 1 N–H and O–H groups in total. The third kappa shape index (κ3) is 3.72. The Bertz CT molecular complexity index is 947. The SMILES string of the molecule is Cc1c(C(=O)NCC(c2cccs2)N2CCCC2)cnn1-c1ccccc1F. The highest BCUT2D eigenvalue weighted by Gasteiger charge is 2.25. The number of nitrogens with one attached hydrogen (secondary N) is 1. The monoisotopic (exact) mass is 398 g/mol. The van der Waals surface area contributed by atoms with Gasteiger partial charge in [0.05, 0.1) is 23.5 Å². The van der Waals surface area contributed by atoms with Crippen LogP contribution in [0.5, 0.6) is 0 Å². The molecule has 4 rings (SSSR count). The zero-order valence-electron chi connectivity index (χ0n) is 15.8. The molecule has 0 spiro atoms. The van der Waals surface area contributed by atoms with E-state index in [1.165, 1.54) is 34.7 Å². The lowest BCUT2D eigenvalue weighted by Gasteiger charge is -2.26. The Morgan fingerprint density at radius 2 is 2.04 bits per heavy atom. The molecule has 0 bridgehead atoms. The zero-order chi connectivity index (χ0) is 19.5. The van der Waals surface area contributed by atoms with Crippen LogP contribution in [0.2, 0.25) is 0 Å². The van der Waals surface area contributed by atoms with Crippen LogP contribution in [0, 0.1) is 12.7 Å². The molecule has 7 heteroatoms. The van der Waals surface area contributed by atoms with E-state index in [1.807, 2.05) is 6.07 Å². The fourth-order valence-electron chi connectivity index (χ4n) is 3.73. The molecule has 0 aliphatic carbocycles. The first-order chi connectivity index (χ1) is 13.6. The minimum Gasteiger partial charge on any atom is -0.350 e. The van der Waals surface area contributed by atoms with Crippen molar-refractivity contribution in [3.63, 3.8) is 0 Å². The van der Waals surface area contributed by atoms with Crippen molar-refractivity contribution >= 4 is 17.2 Å². The minimum absolute atomic E-state index is 0.180. The average Bonchev–Trinajstić information content (AvgIpc) is 3.45. The maximum absolute atomic E-state index is 14.1. The summed E-state index contributed by atoms with van der Waals surface area (Å²) in [6.45, 7) is 4.45. The fourth-order valence-corrected chi connectivity index (χ4v) is 4.59. The summed E-state index contributed by atoms with van der Waals surface area (Å²) < 4.78 is 15.6. The summed E-state index contributed by atoms with van der Waals surface area (Å²) in [5, 5.41) is 9.37. The second kappa shape index (κ2) is 8.24. The molecular formula is C21H23FN4OS. The van der Waals surface area contributed by atoms with Crippen molar-refractivity contribution in [3.05, 3.63) is 69.9 Å². The van der Waals surface area contributed by atoms with Gasteiger partial charge in [-0.1, -0.05) is 18.2 Å². The average molecular weight is 399 g/mol. The van der Waals surface area contributed by atoms with Gasteiger partial charge in [-0.05, 0) is 56.4 Å². The van der Waals surface area contributed by atoms with Crippen molar-refractivity contribution in [3.8, 4) is 5.69 Å². The van der Waals surface area contributed by atoms with Crippen LogP contribution in [0.25, 0.3) is 5.69 Å². The summed E-state index contributed by atoms with van der Waals surface area (Å²) >= 11 is 1.72. The first-order valence-electron chi connectivity index (χ1n) is 9.50. The number of amides is 1. The van der Waals surface area contributed by atoms with E-state index < -0.39 is 0 Å². The van der Waals surface area contributed by atoms with Crippen molar-refractivity contribution in [1.29, 1.82) is 0 Å². The Hall–Kier alpha value is -2.51. The molecular weight excluding hydrogens is 375 g/mol. The predicted octanol–water partition coefficient (Wildman–Crippen LogP) is 3.95. The van der Waals surface area contributed by atoms with Gasteiger partial charge in [-0.2, -0.15) is 5.10 Å².